The SMILES string of the molecule is OCc1cc(OCc2ccco2)ncc1Cl. The van der Waals surface area contributed by atoms with Gasteiger partial charge in [0, 0.05) is 17.8 Å². The third-order valence-electron chi connectivity index (χ3n) is 2.02. The molecule has 0 aliphatic rings. The minimum absolute atomic E-state index is 0.140. The fourth-order valence-corrected chi connectivity index (χ4v) is 1.36. The number of rotatable bonds is 4. The highest BCUT2D eigenvalue weighted by atomic mass is 35.5. The first kappa shape index (κ1) is 11.0. The summed E-state index contributed by atoms with van der Waals surface area (Å²) >= 11 is 5.80. The standard InChI is InChI=1S/C11H10ClNO3/c12-10-5-13-11(4-8(10)6-14)16-7-9-2-1-3-15-9/h1-5,14H,6-7H2. The third-order valence-corrected chi connectivity index (χ3v) is 2.36. The Morgan fingerprint density at radius 2 is 2.38 bits per heavy atom. The van der Waals surface area contributed by atoms with E-state index >= 15 is 0 Å². The van der Waals surface area contributed by atoms with Crippen molar-refractivity contribution in [1.82, 2.24) is 4.98 Å². The highest BCUT2D eigenvalue weighted by Crippen LogP contribution is 2.19. The monoisotopic (exact) mass is 239 g/mol. The highest BCUT2D eigenvalue weighted by molar-refractivity contribution is 6.31. The fraction of sp³-hybridized carbons (Fsp3) is 0.182. The molecule has 4 nitrogen and oxygen atoms in total. The van der Waals surface area contributed by atoms with Crippen molar-refractivity contribution in [2.24, 2.45) is 0 Å². The van der Waals surface area contributed by atoms with E-state index in [1.54, 1.807) is 18.4 Å². The van der Waals surface area contributed by atoms with Crippen LogP contribution in [0.4, 0.5) is 0 Å². The van der Waals surface area contributed by atoms with Crippen LogP contribution in [0.1, 0.15) is 11.3 Å². The first-order valence-corrected chi connectivity index (χ1v) is 5.08. The lowest BCUT2D eigenvalue weighted by Crippen LogP contribution is -1.97. The molecule has 0 saturated carbocycles. The molecule has 0 unspecified atom stereocenters. The maximum Gasteiger partial charge on any atom is 0.214 e. The smallest absolute Gasteiger partial charge is 0.214 e. The van der Waals surface area contributed by atoms with Gasteiger partial charge in [-0.15, -0.1) is 0 Å². The summed E-state index contributed by atoms with van der Waals surface area (Å²) in [5.41, 5.74) is 0.589. The molecule has 16 heavy (non-hydrogen) atoms. The molecule has 2 heterocycles. The van der Waals surface area contributed by atoms with Crippen molar-refractivity contribution < 1.29 is 14.3 Å². The van der Waals surface area contributed by atoms with Crippen LogP contribution in [0.25, 0.3) is 0 Å². The first-order valence-electron chi connectivity index (χ1n) is 4.70. The molecule has 0 spiro atoms. The average Bonchev–Trinajstić information content (AvgIpc) is 2.81. The van der Waals surface area contributed by atoms with Gasteiger partial charge in [-0.1, -0.05) is 11.6 Å². The number of aliphatic hydroxyl groups is 1. The van der Waals surface area contributed by atoms with Gasteiger partial charge in [0.1, 0.15) is 12.4 Å². The van der Waals surface area contributed by atoms with Gasteiger partial charge in [-0.05, 0) is 12.1 Å². The maximum absolute atomic E-state index is 9.01. The number of aliphatic hydroxyl groups excluding tert-OH is 1. The molecule has 0 atom stereocenters. The van der Waals surface area contributed by atoms with Crippen LogP contribution >= 0.6 is 11.6 Å². The maximum atomic E-state index is 9.01. The molecule has 0 amide bonds. The molecule has 0 fully saturated rings. The summed E-state index contributed by atoms with van der Waals surface area (Å²) < 4.78 is 10.5. The molecule has 84 valence electrons. The number of hydrogen-bond acceptors (Lipinski definition) is 4. The van der Waals surface area contributed by atoms with Crippen LogP contribution in [0.2, 0.25) is 5.02 Å². The fourth-order valence-electron chi connectivity index (χ4n) is 1.20. The second-order valence-electron chi connectivity index (χ2n) is 3.14. The van der Waals surface area contributed by atoms with E-state index < -0.39 is 0 Å². The van der Waals surface area contributed by atoms with E-state index in [9.17, 15) is 0 Å². The lowest BCUT2D eigenvalue weighted by Gasteiger charge is -2.05. The number of pyridine rings is 1. The summed E-state index contributed by atoms with van der Waals surface area (Å²) in [6, 6.07) is 5.20. The molecule has 2 aromatic rings. The number of ether oxygens (including phenoxy) is 1. The predicted octanol–water partition coefficient (Wildman–Crippen LogP) is 2.40. The van der Waals surface area contributed by atoms with Crippen LogP contribution < -0.4 is 4.74 Å². The average molecular weight is 240 g/mol. The van der Waals surface area contributed by atoms with Crippen molar-refractivity contribution in [3.63, 3.8) is 0 Å². The molecular weight excluding hydrogens is 230 g/mol. The van der Waals surface area contributed by atoms with Crippen molar-refractivity contribution in [1.29, 1.82) is 0 Å². The highest BCUT2D eigenvalue weighted by Gasteiger charge is 2.04. The molecule has 0 saturated heterocycles. The summed E-state index contributed by atoms with van der Waals surface area (Å²) in [7, 11) is 0. The molecular formula is C11H10ClNO3. The second kappa shape index (κ2) is 5.01. The van der Waals surface area contributed by atoms with Crippen LogP contribution in [0.15, 0.2) is 35.1 Å². The quantitative estimate of drug-likeness (QED) is 0.890. The van der Waals surface area contributed by atoms with E-state index in [1.165, 1.54) is 6.20 Å². The first-order chi connectivity index (χ1) is 7.79. The Kier molecular flexibility index (Phi) is 3.44. The zero-order valence-corrected chi connectivity index (χ0v) is 9.15. The van der Waals surface area contributed by atoms with Gasteiger partial charge in [-0.25, -0.2) is 4.98 Å². The van der Waals surface area contributed by atoms with Crippen molar-refractivity contribution in [3.8, 4) is 5.88 Å². The largest absolute Gasteiger partial charge is 0.469 e. The van der Waals surface area contributed by atoms with Gasteiger partial charge in [0.15, 0.2) is 0 Å². The third kappa shape index (κ3) is 2.53. The normalized spacial score (nSPS) is 10.4. The Morgan fingerprint density at radius 3 is 3.06 bits per heavy atom. The zero-order chi connectivity index (χ0) is 11.4. The lowest BCUT2D eigenvalue weighted by atomic mass is 10.3. The van der Waals surface area contributed by atoms with Gasteiger partial charge in [0.05, 0.1) is 17.9 Å². The summed E-state index contributed by atoms with van der Waals surface area (Å²) in [5.74, 6) is 1.12. The van der Waals surface area contributed by atoms with Gasteiger partial charge in [0.2, 0.25) is 5.88 Å². The van der Waals surface area contributed by atoms with Gasteiger partial charge in [-0.3, -0.25) is 0 Å². The molecule has 0 bridgehead atoms. The molecule has 1 N–H and O–H groups in total. The molecule has 0 aliphatic heterocycles. The lowest BCUT2D eigenvalue weighted by molar-refractivity contribution is 0.256. The van der Waals surface area contributed by atoms with Gasteiger partial charge < -0.3 is 14.3 Å². The summed E-state index contributed by atoms with van der Waals surface area (Å²) in [6.07, 6.45) is 3.03. The summed E-state index contributed by atoms with van der Waals surface area (Å²) in [4.78, 5) is 3.98. The summed E-state index contributed by atoms with van der Waals surface area (Å²) in [6.45, 7) is 0.158. The molecule has 5 heteroatoms. The van der Waals surface area contributed by atoms with Crippen molar-refractivity contribution in [2.75, 3.05) is 0 Å². The van der Waals surface area contributed by atoms with E-state index in [2.05, 4.69) is 4.98 Å². The molecule has 0 radical (unpaired) electrons. The Labute approximate surface area is 97.4 Å². The Balaban J connectivity index is 2.04. The van der Waals surface area contributed by atoms with Gasteiger partial charge >= 0.3 is 0 Å². The minimum atomic E-state index is -0.140. The van der Waals surface area contributed by atoms with E-state index in [4.69, 9.17) is 25.9 Å². The van der Waals surface area contributed by atoms with E-state index in [0.29, 0.717) is 28.8 Å². The Hall–Kier alpha value is -1.52. The topological polar surface area (TPSA) is 55.5 Å². The second-order valence-corrected chi connectivity index (χ2v) is 3.55. The molecule has 0 aliphatic carbocycles. The molecule has 0 aromatic carbocycles. The van der Waals surface area contributed by atoms with Crippen LogP contribution in [-0.2, 0) is 13.2 Å². The van der Waals surface area contributed by atoms with E-state index in [-0.39, 0.29) is 6.61 Å². The number of aromatic nitrogens is 1. The van der Waals surface area contributed by atoms with E-state index in [0.717, 1.165) is 0 Å². The van der Waals surface area contributed by atoms with Gasteiger partial charge in [0.25, 0.3) is 0 Å². The number of furan rings is 1. The Morgan fingerprint density at radius 1 is 1.50 bits per heavy atom. The van der Waals surface area contributed by atoms with Gasteiger partial charge in [-0.2, -0.15) is 0 Å². The predicted molar refractivity (Wildman–Crippen MR) is 58.2 cm³/mol. The van der Waals surface area contributed by atoms with Crippen LogP contribution in [0, 0.1) is 0 Å². The van der Waals surface area contributed by atoms with Crippen LogP contribution in [0.5, 0.6) is 5.88 Å². The number of nitrogens with zero attached hydrogens (tertiary/aromatic N) is 1. The van der Waals surface area contributed by atoms with Crippen LogP contribution in [0.3, 0.4) is 0 Å². The Bertz CT molecular complexity index is 456. The minimum Gasteiger partial charge on any atom is -0.469 e. The zero-order valence-electron chi connectivity index (χ0n) is 8.39. The summed E-state index contributed by atoms with van der Waals surface area (Å²) in [5, 5.41) is 9.43. The van der Waals surface area contributed by atoms with E-state index in [1.807, 2.05) is 6.07 Å². The molecule has 2 aromatic heterocycles. The molecule has 2 rings (SSSR count). The van der Waals surface area contributed by atoms with Crippen molar-refractivity contribution >= 4 is 11.6 Å². The number of hydrogen-bond donors (Lipinski definition) is 1. The van der Waals surface area contributed by atoms with Crippen molar-refractivity contribution in [3.05, 3.63) is 47.0 Å². The van der Waals surface area contributed by atoms with Crippen molar-refractivity contribution in [2.45, 2.75) is 13.2 Å². The number of halogens is 1. The van der Waals surface area contributed by atoms with Crippen LogP contribution in [-0.4, -0.2) is 10.1 Å².